The van der Waals surface area contributed by atoms with E-state index >= 15 is 0 Å². The van der Waals surface area contributed by atoms with Crippen LogP contribution >= 0.6 is 0 Å². The van der Waals surface area contributed by atoms with Crippen LogP contribution in [0.3, 0.4) is 0 Å². The number of carbonyl (C=O) groups is 3. The van der Waals surface area contributed by atoms with Gasteiger partial charge in [0.1, 0.15) is 19.0 Å². The first-order chi connectivity index (χ1) is 10.3. The zero-order valence-corrected chi connectivity index (χ0v) is 12.7. The minimum Gasteiger partial charge on any atom is -0.461 e. The van der Waals surface area contributed by atoms with E-state index in [0.717, 1.165) is 0 Å². The highest BCUT2D eigenvalue weighted by Gasteiger charge is 2.17. The maximum Gasteiger partial charge on any atom is 0.308 e. The maximum absolute atomic E-state index is 11.2. The fourth-order valence-corrected chi connectivity index (χ4v) is 1.80. The summed E-state index contributed by atoms with van der Waals surface area (Å²) in [5.41, 5.74) is 1.30. The van der Waals surface area contributed by atoms with Gasteiger partial charge in [-0.2, -0.15) is 0 Å². The number of esters is 3. The second-order valence-electron chi connectivity index (χ2n) is 4.49. The summed E-state index contributed by atoms with van der Waals surface area (Å²) in [7, 11) is 0. The quantitative estimate of drug-likeness (QED) is 0.623. The van der Waals surface area contributed by atoms with Crippen LogP contribution in [0, 0.1) is 0 Å². The molecule has 0 atom stereocenters. The van der Waals surface area contributed by atoms with Gasteiger partial charge in [0.2, 0.25) is 0 Å². The molecule has 0 saturated heterocycles. The minimum absolute atomic E-state index is 0.128. The van der Waals surface area contributed by atoms with Gasteiger partial charge >= 0.3 is 17.9 Å². The van der Waals surface area contributed by atoms with Gasteiger partial charge in [0.25, 0.3) is 0 Å². The Labute approximate surface area is 127 Å². The van der Waals surface area contributed by atoms with E-state index in [1.54, 1.807) is 6.07 Å². The molecule has 0 amide bonds. The number of carbonyl (C=O) groups excluding carboxylic acids is 3. The van der Waals surface area contributed by atoms with Crippen LogP contribution in [0.1, 0.15) is 37.5 Å². The molecule has 0 saturated carbocycles. The highest BCUT2D eigenvalue weighted by atomic mass is 16.5. The molecule has 0 unspecified atom stereocenters. The smallest absolute Gasteiger partial charge is 0.308 e. The molecule has 0 aliphatic rings. The van der Waals surface area contributed by atoms with Crippen LogP contribution in [-0.4, -0.2) is 23.0 Å². The standard InChI is InChI=1S/C15H18O7/c1-9(17)20-7-13-12(6-16)4-5-15(22-11(3)19)14(13)8-21-10(2)18/h4-5,16H,6-8H2,1-3H3. The summed E-state index contributed by atoms with van der Waals surface area (Å²) in [4.78, 5) is 33.2. The number of aliphatic hydroxyl groups is 1. The Kier molecular flexibility index (Phi) is 6.52. The fraction of sp³-hybridized carbons (Fsp3) is 0.400. The van der Waals surface area contributed by atoms with Crippen LogP contribution in [0.25, 0.3) is 0 Å². The molecule has 0 radical (unpaired) electrons. The van der Waals surface area contributed by atoms with E-state index in [2.05, 4.69) is 0 Å². The van der Waals surface area contributed by atoms with E-state index < -0.39 is 17.9 Å². The van der Waals surface area contributed by atoms with Crippen LogP contribution in [0.4, 0.5) is 0 Å². The van der Waals surface area contributed by atoms with Crippen LogP contribution in [0.15, 0.2) is 12.1 Å². The van der Waals surface area contributed by atoms with Gasteiger partial charge in [-0.1, -0.05) is 6.07 Å². The summed E-state index contributed by atoms with van der Waals surface area (Å²) < 4.78 is 15.0. The van der Waals surface area contributed by atoms with Crippen molar-refractivity contribution in [2.75, 3.05) is 0 Å². The molecular formula is C15H18O7. The molecule has 120 valence electrons. The summed E-state index contributed by atoms with van der Waals surface area (Å²) in [5.74, 6) is -1.37. The number of aliphatic hydroxyl groups excluding tert-OH is 1. The number of hydrogen-bond donors (Lipinski definition) is 1. The second kappa shape index (κ2) is 8.14. The summed E-state index contributed by atoms with van der Waals surface area (Å²) in [6.07, 6.45) is 0. The van der Waals surface area contributed by atoms with Crippen molar-refractivity contribution in [1.82, 2.24) is 0 Å². The van der Waals surface area contributed by atoms with Gasteiger partial charge in [-0.3, -0.25) is 14.4 Å². The zero-order chi connectivity index (χ0) is 16.7. The highest BCUT2D eigenvalue weighted by Crippen LogP contribution is 2.28. The summed E-state index contributed by atoms with van der Waals surface area (Å²) in [5, 5.41) is 9.40. The molecule has 1 aromatic rings. The van der Waals surface area contributed by atoms with Crippen LogP contribution in [0.5, 0.6) is 5.75 Å². The lowest BCUT2D eigenvalue weighted by Gasteiger charge is -2.17. The summed E-state index contributed by atoms with van der Waals surface area (Å²) in [6.45, 7) is 3.14. The summed E-state index contributed by atoms with van der Waals surface area (Å²) >= 11 is 0. The van der Waals surface area contributed by atoms with Crippen molar-refractivity contribution < 1.29 is 33.7 Å². The van der Waals surface area contributed by atoms with E-state index in [-0.39, 0.29) is 25.6 Å². The molecule has 0 aliphatic carbocycles. The van der Waals surface area contributed by atoms with Crippen LogP contribution < -0.4 is 4.74 Å². The number of hydrogen-bond acceptors (Lipinski definition) is 7. The Morgan fingerprint density at radius 1 is 0.909 bits per heavy atom. The molecule has 0 aromatic heterocycles. The van der Waals surface area contributed by atoms with Crippen molar-refractivity contribution in [3.63, 3.8) is 0 Å². The average molecular weight is 310 g/mol. The lowest BCUT2D eigenvalue weighted by Crippen LogP contribution is -2.12. The fourth-order valence-electron chi connectivity index (χ4n) is 1.80. The van der Waals surface area contributed by atoms with Crippen molar-refractivity contribution >= 4 is 17.9 Å². The topological polar surface area (TPSA) is 99.1 Å². The predicted octanol–water partition coefficient (Wildman–Crippen LogP) is 1.23. The van der Waals surface area contributed by atoms with E-state index in [9.17, 15) is 19.5 Å². The van der Waals surface area contributed by atoms with Crippen molar-refractivity contribution in [2.24, 2.45) is 0 Å². The number of ether oxygens (including phenoxy) is 3. The first-order valence-corrected chi connectivity index (χ1v) is 6.54. The van der Waals surface area contributed by atoms with Crippen molar-refractivity contribution in [3.05, 3.63) is 28.8 Å². The van der Waals surface area contributed by atoms with E-state index in [1.807, 2.05) is 0 Å². The predicted molar refractivity (Wildman–Crippen MR) is 74.6 cm³/mol. The maximum atomic E-state index is 11.2. The average Bonchev–Trinajstić information content (AvgIpc) is 2.42. The Hall–Kier alpha value is -2.41. The molecule has 0 bridgehead atoms. The normalized spacial score (nSPS) is 10.0. The van der Waals surface area contributed by atoms with Gasteiger partial charge in [-0.15, -0.1) is 0 Å². The Bertz CT molecular complexity index is 577. The Balaban J connectivity index is 3.26. The molecule has 7 heteroatoms. The Morgan fingerprint density at radius 3 is 1.91 bits per heavy atom. The van der Waals surface area contributed by atoms with Gasteiger partial charge < -0.3 is 19.3 Å². The SMILES string of the molecule is CC(=O)OCc1c(CO)ccc(OC(C)=O)c1COC(C)=O. The van der Waals surface area contributed by atoms with Gasteiger partial charge in [0.15, 0.2) is 0 Å². The monoisotopic (exact) mass is 310 g/mol. The van der Waals surface area contributed by atoms with E-state index in [4.69, 9.17) is 14.2 Å². The first-order valence-electron chi connectivity index (χ1n) is 6.54. The van der Waals surface area contributed by atoms with Crippen LogP contribution in [-0.2, 0) is 43.7 Å². The molecule has 7 nitrogen and oxygen atoms in total. The van der Waals surface area contributed by atoms with E-state index in [1.165, 1.54) is 26.8 Å². The van der Waals surface area contributed by atoms with Crippen molar-refractivity contribution in [1.29, 1.82) is 0 Å². The lowest BCUT2D eigenvalue weighted by atomic mass is 10.0. The molecule has 1 N–H and O–H groups in total. The first kappa shape index (κ1) is 17.6. The molecule has 1 rings (SSSR count). The van der Waals surface area contributed by atoms with Gasteiger partial charge in [0.05, 0.1) is 6.61 Å². The van der Waals surface area contributed by atoms with Gasteiger partial charge in [-0.25, -0.2) is 0 Å². The highest BCUT2D eigenvalue weighted by molar-refractivity contribution is 5.70. The molecule has 1 aromatic carbocycles. The van der Waals surface area contributed by atoms with Crippen molar-refractivity contribution in [2.45, 2.75) is 40.6 Å². The third kappa shape index (κ3) is 5.17. The third-order valence-electron chi connectivity index (χ3n) is 2.75. The number of rotatable bonds is 6. The molecular weight excluding hydrogens is 292 g/mol. The van der Waals surface area contributed by atoms with E-state index in [0.29, 0.717) is 16.7 Å². The summed E-state index contributed by atoms with van der Waals surface area (Å²) in [6, 6.07) is 3.04. The zero-order valence-electron chi connectivity index (χ0n) is 12.7. The second-order valence-corrected chi connectivity index (χ2v) is 4.49. The third-order valence-corrected chi connectivity index (χ3v) is 2.75. The molecule has 0 spiro atoms. The van der Waals surface area contributed by atoms with Gasteiger partial charge in [-0.05, 0) is 11.6 Å². The Morgan fingerprint density at radius 2 is 1.45 bits per heavy atom. The molecule has 0 heterocycles. The molecule has 22 heavy (non-hydrogen) atoms. The van der Waals surface area contributed by atoms with Gasteiger partial charge in [0, 0.05) is 31.9 Å². The lowest BCUT2D eigenvalue weighted by molar-refractivity contribution is -0.144. The van der Waals surface area contributed by atoms with Crippen LogP contribution in [0.2, 0.25) is 0 Å². The largest absolute Gasteiger partial charge is 0.461 e. The van der Waals surface area contributed by atoms with Crippen molar-refractivity contribution in [3.8, 4) is 5.75 Å². The molecule has 0 aliphatic heterocycles. The number of benzene rings is 1. The minimum atomic E-state index is -0.542. The molecule has 0 fully saturated rings.